The van der Waals surface area contributed by atoms with Crippen LogP contribution >= 0.6 is 0 Å². The number of halogens is 1. The number of aromatic nitrogens is 1. The van der Waals surface area contributed by atoms with Gasteiger partial charge in [0.2, 0.25) is 5.43 Å². The number of aryl methyl sites for hydroxylation is 1. The molecule has 1 aromatic heterocycles. The number of nitrogens with zero attached hydrogens (tertiary/aromatic N) is 1. The summed E-state index contributed by atoms with van der Waals surface area (Å²) in [6, 6.07) is 0.127. The average molecular weight is 360 g/mol. The molecule has 0 amide bonds. The summed E-state index contributed by atoms with van der Waals surface area (Å²) in [5, 5.41) is 12.6. The van der Waals surface area contributed by atoms with Gasteiger partial charge in [0.25, 0.3) is 0 Å². The molecule has 1 heterocycles. The van der Waals surface area contributed by atoms with Crippen LogP contribution < -0.4 is 15.5 Å². The second kappa shape index (κ2) is 5.54. The number of carboxylic acid groups (broad SMARTS) is 1. The number of fused-ring (bicyclic) bond motifs is 1. The van der Waals surface area contributed by atoms with E-state index in [1.807, 2.05) is 4.57 Å². The van der Waals surface area contributed by atoms with E-state index in [9.17, 15) is 14.7 Å². The van der Waals surface area contributed by atoms with Crippen LogP contribution in [0.3, 0.4) is 0 Å². The minimum atomic E-state index is -1.32. The Bertz CT molecular complexity index is 1000. The molecule has 2 aromatic rings. The van der Waals surface area contributed by atoms with Gasteiger partial charge in [-0.05, 0) is 45.2 Å². The Morgan fingerprint density at radius 3 is 2.54 bits per heavy atom. The lowest BCUT2D eigenvalue weighted by atomic mass is 9.93. The molecule has 0 radical (unpaired) electrons. The first-order chi connectivity index (χ1) is 12.4. The van der Waals surface area contributed by atoms with Gasteiger partial charge in [0, 0.05) is 23.3 Å². The summed E-state index contributed by atoms with van der Waals surface area (Å²) in [5.41, 5.74) is 0.253. The van der Waals surface area contributed by atoms with Crippen LogP contribution in [0.1, 0.15) is 53.2 Å². The zero-order chi connectivity index (χ0) is 18.8. The van der Waals surface area contributed by atoms with Crippen molar-refractivity contribution in [3.8, 4) is 5.75 Å². The Morgan fingerprint density at radius 2 is 2.08 bits per heavy atom. The quantitative estimate of drug-likeness (QED) is 0.857. The van der Waals surface area contributed by atoms with Gasteiger partial charge in [0.05, 0.1) is 18.0 Å². The molecule has 0 spiro atoms. The Labute approximate surface area is 149 Å². The fourth-order valence-electron chi connectivity index (χ4n) is 4.04. The number of carboxylic acids is 1. The van der Waals surface area contributed by atoms with E-state index in [-0.39, 0.29) is 22.7 Å². The van der Waals surface area contributed by atoms with Crippen LogP contribution in [0.2, 0.25) is 0 Å². The van der Waals surface area contributed by atoms with Crippen LogP contribution in [0.15, 0.2) is 11.0 Å². The number of benzene rings is 1. The number of rotatable bonds is 5. The summed E-state index contributed by atoms with van der Waals surface area (Å²) in [5.74, 6) is -2.06. The summed E-state index contributed by atoms with van der Waals surface area (Å²) in [7, 11) is 3.11. The minimum absolute atomic E-state index is 0.0185. The third-order valence-electron chi connectivity index (χ3n) is 5.69. The first-order valence-electron chi connectivity index (χ1n) is 8.74. The number of methoxy groups -OCH3 is 1. The molecule has 0 saturated heterocycles. The molecule has 2 aliphatic carbocycles. The van der Waals surface area contributed by atoms with E-state index in [1.165, 1.54) is 13.3 Å². The molecule has 2 fully saturated rings. The van der Waals surface area contributed by atoms with Gasteiger partial charge in [-0.15, -0.1) is 0 Å². The zero-order valence-corrected chi connectivity index (χ0v) is 15.0. The third kappa shape index (κ3) is 2.19. The molecule has 1 aromatic carbocycles. The van der Waals surface area contributed by atoms with E-state index in [2.05, 4.69) is 5.32 Å². The van der Waals surface area contributed by atoms with E-state index in [4.69, 9.17) is 4.74 Å². The van der Waals surface area contributed by atoms with E-state index in [1.54, 1.807) is 14.0 Å². The predicted molar refractivity (Wildman–Crippen MR) is 94.7 cm³/mol. The van der Waals surface area contributed by atoms with E-state index in [0.29, 0.717) is 16.6 Å². The molecule has 2 aliphatic rings. The fraction of sp³-hybridized carbons (Fsp3) is 0.474. The van der Waals surface area contributed by atoms with Crippen LogP contribution in [-0.2, 0) is 5.54 Å². The smallest absolute Gasteiger partial charge is 0.341 e. The van der Waals surface area contributed by atoms with Crippen LogP contribution in [0, 0.1) is 12.7 Å². The van der Waals surface area contributed by atoms with Gasteiger partial charge < -0.3 is 19.7 Å². The molecular formula is C19H21FN2O4. The Kier molecular flexibility index (Phi) is 3.63. The van der Waals surface area contributed by atoms with Crippen LogP contribution in [0.25, 0.3) is 10.9 Å². The summed E-state index contributed by atoms with van der Waals surface area (Å²) >= 11 is 0. The van der Waals surface area contributed by atoms with E-state index in [0.717, 1.165) is 25.7 Å². The molecular weight excluding hydrogens is 339 g/mol. The monoisotopic (exact) mass is 360 g/mol. The van der Waals surface area contributed by atoms with Crippen molar-refractivity contribution in [1.82, 2.24) is 9.88 Å². The Balaban J connectivity index is 2.21. The second-order valence-electron chi connectivity index (χ2n) is 7.22. The molecule has 138 valence electrons. The topological polar surface area (TPSA) is 80.6 Å². The number of carbonyl (C=O) groups is 1. The first-order valence-corrected chi connectivity index (χ1v) is 8.74. The second-order valence-corrected chi connectivity index (χ2v) is 7.22. The highest BCUT2D eigenvalue weighted by molar-refractivity contribution is 5.97. The lowest BCUT2D eigenvalue weighted by Crippen LogP contribution is -2.29. The fourth-order valence-corrected chi connectivity index (χ4v) is 4.04. The van der Waals surface area contributed by atoms with Gasteiger partial charge in [-0.3, -0.25) is 4.79 Å². The largest absolute Gasteiger partial charge is 0.493 e. The lowest BCUT2D eigenvalue weighted by Gasteiger charge is -2.24. The summed E-state index contributed by atoms with van der Waals surface area (Å²) in [6.07, 6.45) is 4.82. The highest BCUT2D eigenvalue weighted by atomic mass is 19.1. The Hall–Kier alpha value is -2.41. The summed E-state index contributed by atoms with van der Waals surface area (Å²) in [4.78, 5) is 24.4. The third-order valence-corrected chi connectivity index (χ3v) is 5.69. The van der Waals surface area contributed by atoms with Crippen molar-refractivity contribution < 1.29 is 19.0 Å². The van der Waals surface area contributed by atoms with E-state index >= 15 is 4.39 Å². The van der Waals surface area contributed by atoms with Crippen molar-refractivity contribution >= 4 is 16.9 Å². The number of hydrogen-bond acceptors (Lipinski definition) is 4. The van der Waals surface area contributed by atoms with Crippen molar-refractivity contribution in [2.75, 3.05) is 14.2 Å². The molecule has 0 atom stereocenters. The van der Waals surface area contributed by atoms with Crippen LogP contribution in [-0.4, -0.2) is 29.8 Å². The summed E-state index contributed by atoms with van der Waals surface area (Å²) < 4.78 is 22.5. The maximum atomic E-state index is 15.4. The number of hydrogen-bond donors (Lipinski definition) is 2. The first kappa shape index (κ1) is 17.0. The molecule has 4 rings (SSSR count). The maximum absolute atomic E-state index is 15.4. The van der Waals surface area contributed by atoms with Crippen molar-refractivity contribution in [2.24, 2.45) is 0 Å². The van der Waals surface area contributed by atoms with Gasteiger partial charge in [-0.1, -0.05) is 0 Å². The minimum Gasteiger partial charge on any atom is -0.493 e. The van der Waals surface area contributed by atoms with Crippen molar-refractivity contribution in [2.45, 2.75) is 44.2 Å². The van der Waals surface area contributed by atoms with Crippen molar-refractivity contribution in [1.29, 1.82) is 0 Å². The van der Waals surface area contributed by atoms with Gasteiger partial charge in [-0.2, -0.15) is 0 Å². The van der Waals surface area contributed by atoms with Gasteiger partial charge in [0.15, 0.2) is 11.6 Å². The number of aromatic carboxylic acids is 1. The molecule has 0 unspecified atom stereocenters. The Morgan fingerprint density at radius 1 is 1.42 bits per heavy atom. The molecule has 7 heteroatoms. The number of pyridine rings is 1. The maximum Gasteiger partial charge on any atom is 0.341 e. The van der Waals surface area contributed by atoms with Gasteiger partial charge in [-0.25, -0.2) is 9.18 Å². The average Bonchev–Trinajstić information content (AvgIpc) is 3.50. The van der Waals surface area contributed by atoms with Gasteiger partial charge >= 0.3 is 5.97 Å². The molecule has 2 saturated carbocycles. The standard InChI is InChI=1S/C19H21FN2O4/c1-9-13(19(21-2)6-7-19)14(20)17(26-3)12-15(9)22(10-4-5-10)8-11(16(12)23)18(24)25/h8,10,21H,4-7H2,1-3H3,(H,24,25). The van der Waals surface area contributed by atoms with Gasteiger partial charge in [0.1, 0.15) is 5.56 Å². The molecule has 0 aliphatic heterocycles. The molecule has 26 heavy (non-hydrogen) atoms. The van der Waals surface area contributed by atoms with Crippen molar-refractivity contribution in [3.63, 3.8) is 0 Å². The molecule has 6 nitrogen and oxygen atoms in total. The highest BCUT2D eigenvalue weighted by Crippen LogP contribution is 2.51. The molecule has 0 bridgehead atoms. The lowest BCUT2D eigenvalue weighted by molar-refractivity contribution is 0.0695. The zero-order valence-electron chi connectivity index (χ0n) is 15.0. The normalized spacial score (nSPS) is 18.2. The summed E-state index contributed by atoms with van der Waals surface area (Å²) in [6.45, 7) is 1.80. The number of nitrogens with one attached hydrogen (secondary N) is 1. The number of ether oxygens (including phenoxy) is 1. The molecule has 2 N–H and O–H groups in total. The highest BCUT2D eigenvalue weighted by Gasteiger charge is 2.47. The SMILES string of the molecule is CNC1(c2c(F)c(OC)c3c(=O)c(C(=O)O)cn(C4CC4)c3c2C)CC1. The van der Waals surface area contributed by atoms with E-state index < -0.39 is 22.8 Å². The predicted octanol–water partition coefficient (Wildman–Crippen LogP) is 2.70. The van der Waals surface area contributed by atoms with Crippen molar-refractivity contribution in [3.05, 3.63) is 38.9 Å². The van der Waals surface area contributed by atoms with Crippen LogP contribution in [0.5, 0.6) is 5.75 Å². The van der Waals surface area contributed by atoms with Crippen LogP contribution in [0.4, 0.5) is 4.39 Å².